The maximum atomic E-state index is 12.6. The van der Waals surface area contributed by atoms with Gasteiger partial charge >= 0.3 is 0 Å². The van der Waals surface area contributed by atoms with Crippen molar-refractivity contribution in [2.45, 2.75) is 18.4 Å². The maximum absolute atomic E-state index is 12.6. The summed E-state index contributed by atoms with van der Waals surface area (Å²) in [6.07, 6.45) is 3.08. The third-order valence-electron chi connectivity index (χ3n) is 2.98. The van der Waals surface area contributed by atoms with Gasteiger partial charge in [-0.15, -0.1) is 0 Å². The van der Waals surface area contributed by atoms with Crippen molar-refractivity contribution in [2.24, 2.45) is 0 Å². The first-order valence-corrected chi connectivity index (χ1v) is 7.46. The van der Waals surface area contributed by atoms with E-state index in [0.29, 0.717) is 11.4 Å². The van der Waals surface area contributed by atoms with Crippen molar-refractivity contribution in [1.82, 2.24) is 14.3 Å². The van der Waals surface area contributed by atoms with E-state index in [1.807, 2.05) is 0 Å². The molecule has 0 unspecified atom stereocenters. The number of hydrogen-bond donors (Lipinski definition) is 1. The number of imidazole rings is 1. The molecule has 0 atom stereocenters. The molecule has 112 valence electrons. The Morgan fingerprint density at radius 1 is 1.43 bits per heavy atom. The van der Waals surface area contributed by atoms with E-state index in [-0.39, 0.29) is 11.4 Å². The van der Waals surface area contributed by atoms with Crippen LogP contribution in [0.1, 0.15) is 11.4 Å². The van der Waals surface area contributed by atoms with Crippen LogP contribution in [-0.4, -0.2) is 34.7 Å². The van der Waals surface area contributed by atoms with E-state index < -0.39 is 20.6 Å². The molecule has 0 bridgehead atoms. The fourth-order valence-corrected chi connectivity index (χ4v) is 3.44. The SMILES string of the molecule is Cc1cccc([N+](=O)[O-])c1S(=O)(=O)N(C)Cc1ncc[nH]1. The molecule has 1 aromatic heterocycles. The average Bonchev–Trinajstić information content (AvgIpc) is 2.90. The van der Waals surface area contributed by atoms with Crippen molar-refractivity contribution in [3.05, 3.63) is 52.1 Å². The van der Waals surface area contributed by atoms with Gasteiger partial charge in [-0.1, -0.05) is 12.1 Å². The van der Waals surface area contributed by atoms with Crippen molar-refractivity contribution in [3.63, 3.8) is 0 Å². The van der Waals surface area contributed by atoms with E-state index in [9.17, 15) is 18.5 Å². The molecular weight excluding hydrogens is 296 g/mol. The molecule has 0 aliphatic heterocycles. The zero-order valence-corrected chi connectivity index (χ0v) is 12.3. The second-order valence-corrected chi connectivity index (χ2v) is 6.46. The van der Waals surface area contributed by atoms with Gasteiger partial charge in [0.15, 0.2) is 4.90 Å². The van der Waals surface area contributed by atoms with E-state index in [1.54, 1.807) is 6.20 Å². The molecule has 9 heteroatoms. The molecule has 1 N–H and O–H groups in total. The molecule has 21 heavy (non-hydrogen) atoms. The molecule has 2 rings (SSSR count). The van der Waals surface area contributed by atoms with Gasteiger partial charge in [0.2, 0.25) is 10.0 Å². The Labute approximate surface area is 121 Å². The summed E-state index contributed by atoms with van der Waals surface area (Å²) >= 11 is 0. The summed E-state index contributed by atoms with van der Waals surface area (Å²) in [5.41, 5.74) is -0.100. The quantitative estimate of drug-likeness (QED) is 0.664. The van der Waals surface area contributed by atoms with Crippen LogP contribution in [0.3, 0.4) is 0 Å². The molecule has 2 aromatic rings. The normalized spacial score (nSPS) is 11.8. The number of aryl methyl sites for hydroxylation is 1. The molecule has 0 aliphatic rings. The minimum atomic E-state index is -3.99. The van der Waals surface area contributed by atoms with E-state index in [4.69, 9.17) is 0 Å². The zero-order chi connectivity index (χ0) is 15.6. The first kappa shape index (κ1) is 15.1. The van der Waals surface area contributed by atoms with Gasteiger partial charge in [0, 0.05) is 25.5 Å². The number of nitrogens with one attached hydrogen (secondary N) is 1. The van der Waals surface area contributed by atoms with Gasteiger partial charge < -0.3 is 4.98 Å². The van der Waals surface area contributed by atoms with Gasteiger partial charge in [0.05, 0.1) is 11.5 Å². The molecule has 0 saturated carbocycles. The Bertz CT molecular complexity index is 756. The van der Waals surface area contributed by atoms with Crippen LogP contribution < -0.4 is 0 Å². The Morgan fingerprint density at radius 3 is 2.71 bits per heavy atom. The first-order chi connectivity index (χ1) is 9.84. The number of aromatic nitrogens is 2. The molecule has 0 saturated heterocycles. The van der Waals surface area contributed by atoms with Crippen LogP contribution in [-0.2, 0) is 16.6 Å². The predicted molar refractivity (Wildman–Crippen MR) is 75.1 cm³/mol. The third kappa shape index (κ3) is 2.93. The molecule has 1 heterocycles. The van der Waals surface area contributed by atoms with Gasteiger partial charge in [-0.2, -0.15) is 4.31 Å². The lowest BCUT2D eigenvalue weighted by Crippen LogP contribution is -2.28. The van der Waals surface area contributed by atoms with Crippen molar-refractivity contribution in [2.75, 3.05) is 7.05 Å². The first-order valence-electron chi connectivity index (χ1n) is 6.02. The van der Waals surface area contributed by atoms with Crippen LogP contribution in [0.2, 0.25) is 0 Å². The van der Waals surface area contributed by atoms with Crippen LogP contribution in [0.25, 0.3) is 0 Å². The Balaban J connectivity index is 2.46. The average molecular weight is 310 g/mol. The number of nitrogens with zero attached hydrogens (tertiary/aromatic N) is 3. The fraction of sp³-hybridized carbons (Fsp3) is 0.250. The van der Waals surface area contributed by atoms with Crippen molar-refractivity contribution < 1.29 is 13.3 Å². The molecule has 0 fully saturated rings. The van der Waals surface area contributed by atoms with Gasteiger partial charge in [-0.3, -0.25) is 10.1 Å². The number of benzene rings is 1. The van der Waals surface area contributed by atoms with E-state index in [2.05, 4.69) is 9.97 Å². The molecule has 0 spiro atoms. The maximum Gasteiger partial charge on any atom is 0.289 e. The van der Waals surface area contributed by atoms with Crippen LogP contribution in [0.4, 0.5) is 5.69 Å². The molecule has 0 aliphatic carbocycles. The molecular formula is C12H14N4O4S. The summed E-state index contributed by atoms with van der Waals surface area (Å²) in [4.78, 5) is 16.8. The highest BCUT2D eigenvalue weighted by molar-refractivity contribution is 7.89. The molecule has 8 nitrogen and oxygen atoms in total. The Morgan fingerprint density at radius 2 is 2.14 bits per heavy atom. The molecule has 1 aromatic carbocycles. The third-order valence-corrected chi connectivity index (χ3v) is 4.98. The van der Waals surface area contributed by atoms with Crippen LogP contribution >= 0.6 is 0 Å². The summed E-state index contributed by atoms with van der Waals surface area (Å²) in [6.45, 7) is 1.53. The minimum Gasteiger partial charge on any atom is -0.347 e. The largest absolute Gasteiger partial charge is 0.347 e. The van der Waals surface area contributed by atoms with Crippen molar-refractivity contribution >= 4 is 15.7 Å². The lowest BCUT2D eigenvalue weighted by atomic mass is 10.2. The second kappa shape index (κ2) is 5.62. The minimum absolute atomic E-state index is 0.000815. The standard InChI is InChI=1S/C12H14N4O4S/c1-9-4-3-5-10(16(17)18)12(9)21(19,20)15(2)8-11-13-6-7-14-11/h3-7H,8H2,1-2H3,(H,13,14). The Kier molecular flexibility index (Phi) is 4.05. The fourth-order valence-electron chi connectivity index (χ4n) is 1.95. The lowest BCUT2D eigenvalue weighted by Gasteiger charge is -2.17. The highest BCUT2D eigenvalue weighted by Gasteiger charge is 2.31. The predicted octanol–water partition coefficient (Wildman–Crippen LogP) is 1.45. The zero-order valence-electron chi connectivity index (χ0n) is 11.5. The van der Waals surface area contributed by atoms with Crippen LogP contribution in [0.15, 0.2) is 35.5 Å². The van der Waals surface area contributed by atoms with Gasteiger partial charge in [0.25, 0.3) is 5.69 Å². The van der Waals surface area contributed by atoms with Gasteiger partial charge in [-0.25, -0.2) is 13.4 Å². The van der Waals surface area contributed by atoms with Crippen LogP contribution in [0.5, 0.6) is 0 Å². The summed E-state index contributed by atoms with van der Waals surface area (Å²) in [5.74, 6) is 0.456. The number of H-pyrrole nitrogens is 1. The summed E-state index contributed by atoms with van der Waals surface area (Å²) in [5, 5.41) is 11.1. The number of hydrogen-bond acceptors (Lipinski definition) is 5. The lowest BCUT2D eigenvalue weighted by molar-refractivity contribution is -0.387. The number of nitro groups is 1. The van der Waals surface area contributed by atoms with E-state index in [0.717, 1.165) is 4.31 Å². The van der Waals surface area contributed by atoms with Crippen molar-refractivity contribution in [1.29, 1.82) is 0 Å². The second-order valence-electron chi connectivity index (χ2n) is 4.48. The summed E-state index contributed by atoms with van der Waals surface area (Å²) in [7, 11) is -2.63. The number of aromatic amines is 1. The summed E-state index contributed by atoms with van der Waals surface area (Å²) < 4.78 is 26.2. The summed E-state index contributed by atoms with van der Waals surface area (Å²) in [6, 6.07) is 4.17. The molecule has 0 amide bonds. The van der Waals surface area contributed by atoms with Crippen molar-refractivity contribution in [3.8, 4) is 0 Å². The number of sulfonamides is 1. The smallest absolute Gasteiger partial charge is 0.289 e. The monoisotopic (exact) mass is 310 g/mol. The highest BCUT2D eigenvalue weighted by atomic mass is 32.2. The highest BCUT2D eigenvalue weighted by Crippen LogP contribution is 2.29. The number of nitro benzene ring substituents is 1. The molecule has 0 radical (unpaired) electrons. The van der Waals surface area contributed by atoms with E-state index in [1.165, 1.54) is 38.4 Å². The van der Waals surface area contributed by atoms with Gasteiger partial charge in [-0.05, 0) is 12.5 Å². The van der Waals surface area contributed by atoms with E-state index >= 15 is 0 Å². The topological polar surface area (TPSA) is 109 Å². The van der Waals surface area contributed by atoms with Crippen LogP contribution in [0, 0.1) is 17.0 Å². The van der Waals surface area contributed by atoms with Gasteiger partial charge in [0.1, 0.15) is 5.82 Å². The number of rotatable bonds is 5. The Hall–Kier alpha value is -2.26.